The zero-order chi connectivity index (χ0) is 23.7. The maximum atomic E-state index is 12.7. The monoisotopic (exact) mass is 450 g/mol. The van der Waals surface area contributed by atoms with Crippen molar-refractivity contribution in [2.75, 3.05) is 19.6 Å². The Morgan fingerprint density at radius 3 is 2.30 bits per heavy atom. The molecule has 0 aliphatic carbocycles. The van der Waals surface area contributed by atoms with Crippen molar-refractivity contribution in [2.45, 2.75) is 25.8 Å². The number of piperidine rings is 1. The minimum atomic E-state index is -0.715. The van der Waals surface area contributed by atoms with Gasteiger partial charge in [-0.25, -0.2) is 0 Å². The molecular formula is C23H22N4O6. The van der Waals surface area contributed by atoms with Crippen LogP contribution in [0, 0.1) is 17.0 Å². The second-order valence-corrected chi connectivity index (χ2v) is 8.18. The first-order valence-electron chi connectivity index (χ1n) is 10.5. The molecule has 4 rings (SSSR count). The van der Waals surface area contributed by atoms with Gasteiger partial charge in [0.2, 0.25) is 5.91 Å². The van der Waals surface area contributed by atoms with E-state index in [9.17, 15) is 29.3 Å². The van der Waals surface area contributed by atoms with E-state index >= 15 is 0 Å². The van der Waals surface area contributed by atoms with Crippen LogP contribution in [0.3, 0.4) is 0 Å². The molecule has 2 aromatic rings. The van der Waals surface area contributed by atoms with E-state index < -0.39 is 23.3 Å². The lowest BCUT2D eigenvalue weighted by atomic mass is 10.0. The van der Waals surface area contributed by atoms with E-state index in [1.54, 1.807) is 17.0 Å². The predicted octanol–water partition coefficient (Wildman–Crippen LogP) is 1.92. The molecule has 170 valence electrons. The van der Waals surface area contributed by atoms with Gasteiger partial charge in [0.1, 0.15) is 6.54 Å². The van der Waals surface area contributed by atoms with Gasteiger partial charge in [-0.2, -0.15) is 0 Å². The first-order chi connectivity index (χ1) is 15.7. The van der Waals surface area contributed by atoms with E-state index in [1.807, 2.05) is 19.1 Å². The number of fused-ring (bicyclic) bond motifs is 1. The summed E-state index contributed by atoms with van der Waals surface area (Å²) in [5.41, 5.74) is 1.33. The second-order valence-electron chi connectivity index (χ2n) is 8.18. The van der Waals surface area contributed by atoms with E-state index in [2.05, 4.69) is 5.32 Å². The van der Waals surface area contributed by atoms with Crippen molar-refractivity contribution in [1.29, 1.82) is 0 Å². The van der Waals surface area contributed by atoms with Crippen LogP contribution in [0.15, 0.2) is 42.5 Å². The quantitative estimate of drug-likeness (QED) is 0.421. The number of nitro groups is 1. The molecule has 1 saturated heterocycles. The summed E-state index contributed by atoms with van der Waals surface area (Å²) >= 11 is 0. The second kappa shape index (κ2) is 8.81. The van der Waals surface area contributed by atoms with Gasteiger partial charge in [-0.1, -0.05) is 17.7 Å². The Morgan fingerprint density at radius 1 is 1.03 bits per heavy atom. The summed E-state index contributed by atoms with van der Waals surface area (Å²) in [5, 5.41) is 13.9. The van der Waals surface area contributed by atoms with Gasteiger partial charge in [-0.05, 0) is 38.0 Å². The molecule has 0 radical (unpaired) electrons. The molecule has 10 heteroatoms. The number of imide groups is 1. The molecule has 0 unspecified atom stereocenters. The van der Waals surface area contributed by atoms with E-state index in [-0.39, 0.29) is 34.7 Å². The third-order valence-electron chi connectivity index (χ3n) is 5.96. The van der Waals surface area contributed by atoms with Crippen LogP contribution in [0.25, 0.3) is 0 Å². The van der Waals surface area contributed by atoms with E-state index in [0.29, 0.717) is 31.5 Å². The van der Waals surface area contributed by atoms with Crippen molar-refractivity contribution in [2.24, 2.45) is 0 Å². The lowest BCUT2D eigenvalue weighted by Gasteiger charge is -2.33. The van der Waals surface area contributed by atoms with Crippen LogP contribution in [0.1, 0.15) is 49.5 Å². The van der Waals surface area contributed by atoms with Gasteiger partial charge in [-0.3, -0.25) is 34.2 Å². The zero-order valence-corrected chi connectivity index (χ0v) is 17.9. The molecule has 1 fully saturated rings. The molecule has 2 heterocycles. The van der Waals surface area contributed by atoms with Gasteiger partial charge in [-0.15, -0.1) is 0 Å². The highest BCUT2D eigenvalue weighted by Gasteiger charge is 2.39. The largest absolute Gasteiger partial charge is 0.349 e. The zero-order valence-electron chi connectivity index (χ0n) is 17.9. The van der Waals surface area contributed by atoms with Gasteiger partial charge < -0.3 is 10.2 Å². The number of aryl methyl sites for hydroxylation is 1. The molecular weight excluding hydrogens is 428 g/mol. The number of hydrogen-bond acceptors (Lipinski definition) is 6. The van der Waals surface area contributed by atoms with Gasteiger partial charge in [0.15, 0.2) is 0 Å². The van der Waals surface area contributed by atoms with Crippen LogP contribution in [-0.4, -0.2) is 64.0 Å². The molecule has 0 saturated carbocycles. The van der Waals surface area contributed by atoms with Crippen molar-refractivity contribution in [3.05, 3.63) is 74.8 Å². The maximum absolute atomic E-state index is 12.7. The van der Waals surface area contributed by atoms with Crippen molar-refractivity contribution in [3.63, 3.8) is 0 Å². The summed E-state index contributed by atoms with van der Waals surface area (Å²) in [6.45, 7) is 2.28. The molecule has 0 atom stereocenters. The number of nitrogens with one attached hydrogen (secondary N) is 1. The summed E-state index contributed by atoms with van der Waals surface area (Å²) in [6, 6.07) is 10.6. The SMILES string of the molecule is Cc1ccc(C(=O)NC2CCN(C(=O)CN3C(=O)c4ccc([N+](=O)[O-])cc4C3=O)CC2)cc1. The number of rotatable bonds is 5. The standard InChI is InChI=1S/C23H22N4O6/c1-14-2-4-15(5-3-14)21(29)24-16-8-10-25(11-9-16)20(28)13-26-22(30)18-7-6-17(27(32)33)12-19(18)23(26)31/h2-7,12,16H,8-11,13H2,1H3,(H,24,29). The number of nitrogens with zero attached hydrogens (tertiary/aromatic N) is 3. The molecule has 0 spiro atoms. The van der Waals surface area contributed by atoms with Crippen LogP contribution < -0.4 is 5.32 Å². The number of nitro benzene ring substituents is 1. The average molecular weight is 450 g/mol. The van der Waals surface area contributed by atoms with E-state index in [4.69, 9.17) is 0 Å². The van der Waals surface area contributed by atoms with Crippen LogP contribution in [0.5, 0.6) is 0 Å². The van der Waals surface area contributed by atoms with Crippen LogP contribution in [0.4, 0.5) is 5.69 Å². The Hall–Kier alpha value is -4.08. The molecule has 2 aliphatic rings. The summed E-state index contributed by atoms with van der Waals surface area (Å²) in [6.07, 6.45) is 1.11. The predicted molar refractivity (Wildman–Crippen MR) is 117 cm³/mol. The van der Waals surface area contributed by atoms with E-state index in [0.717, 1.165) is 22.6 Å². The third kappa shape index (κ3) is 4.45. The highest BCUT2D eigenvalue weighted by Crippen LogP contribution is 2.27. The first kappa shape index (κ1) is 22.1. The molecule has 4 amide bonds. The Bertz CT molecular complexity index is 1150. The van der Waals surface area contributed by atoms with Crippen LogP contribution in [-0.2, 0) is 4.79 Å². The number of benzene rings is 2. The van der Waals surface area contributed by atoms with Gasteiger partial charge in [0.25, 0.3) is 23.4 Å². The van der Waals surface area contributed by atoms with Gasteiger partial charge >= 0.3 is 0 Å². The third-order valence-corrected chi connectivity index (χ3v) is 5.96. The minimum absolute atomic E-state index is 0.0518. The highest BCUT2D eigenvalue weighted by atomic mass is 16.6. The minimum Gasteiger partial charge on any atom is -0.349 e. The van der Waals surface area contributed by atoms with Crippen molar-refractivity contribution in [3.8, 4) is 0 Å². The van der Waals surface area contributed by atoms with Crippen molar-refractivity contribution in [1.82, 2.24) is 15.1 Å². The molecule has 33 heavy (non-hydrogen) atoms. The summed E-state index contributed by atoms with van der Waals surface area (Å²) < 4.78 is 0. The van der Waals surface area contributed by atoms with Gasteiger partial charge in [0.05, 0.1) is 16.1 Å². The Kier molecular flexibility index (Phi) is 5.91. The van der Waals surface area contributed by atoms with Gasteiger partial charge in [0, 0.05) is 36.8 Å². The van der Waals surface area contributed by atoms with Crippen molar-refractivity contribution < 1.29 is 24.1 Å². The Morgan fingerprint density at radius 2 is 1.67 bits per heavy atom. The van der Waals surface area contributed by atoms with Crippen LogP contribution in [0.2, 0.25) is 0 Å². The normalized spacial score (nSPS) is 16.0. The fourth-order valence-electron chi connectivity index (χ4n) is 4.02. The lowest BCUT2D eigenvalue weighted by molar-refractivity contribution is -0.384. The highest BCUT2D eigenvalue weighted by molar-refractivity contribution is 6.22. The lowest BCUT2D eigenvalue weighted by Crippen LogP contribution is -2.49. The summed E-state index contributed by atoms with van der Waals surface area (Å²) in [5.74, 6) is -1.91. The molecule has 0 aromatic heterocycles. The van der Waals surface area contributed by atoms with Crippen molar-refractivity contribution >= 4 is 29.3 Å². The Balaban J connectivity index is 1.32. The fraction of sp³-hybridized carbons (Fsp3) is 0.304. The number of non-ortho nitro benzene ring substituents is 1. The molecule has 2 aromatic carbocycles. The number of likely N-dealkylation sites (tertiary alicyclic amines) is 1. The number of carbonyl (C=O) groups is 4. The number of hydrogen-bond donors (Lipinski definition) is 1. The topological polar surface area (TPSA) is 130 Å². The molecule has 10 nitrogen and oxygen atoms in total. The molecule has 1 N–H and O–H groups in total. The summed E-state index contributed by atoms with van der Waals surface area (Å²) in [4.78, 5) is 63.0. The Labute approximate surface area is 189 Å². The number of carbonyl (C=O) groups excluding carboxylic acids is 4. The summed E-state index contributed by atoms with van der Waals surface area (Å²) in [7, 11) is 0. The number of amides is 4. The molecule has 2 aliphatic heterocycles. The molecule has 0 bridgehead atoms. The first-order valence-corrected chi connectivity index (χ1v) is 10.5. The maximum Gasteiger partial charge on any atom is 0.270 e. The fourth-order valence-corrected chi connectivity index (χ4v) is 4.02. The average Bonchev–Trinajstić information content (AvgIpc) is 3.04. The van der Waals surface area contributed by atoms with E-state index in [1.165, 1.54) is 6.07 Å². The van der Waals surface area contributed by atoms with Crippen LogP contribution >= 0.6 is 0 Å². The smallest absolute Gasteiger partial charge is 0.270 e.